The third-order valence-corrected chi connectivity index (χ3v) is 4.95. The van der Waals surface area contributed by atoms with E-state index in [-0.39, 0.29) is 28.6 Å². The van der Waals surface area contributed by atoms with Gasteiger partial charge in [-0.25, -0.2) is 21.6 Å². The van der Waals surface area contributed by atoms with Crippen molar-refractivity contribution in [2.24, 2.45) is 0 Å². The number of benzene rings is 1. The van der Waals surface area contributed by atoms with Crippen LogP contribution in [0.2, 0.25) is 0 Å². The summed E-state index contributed by atoms with van der Waals surface area (Å²) < 4.78 is 48.3. The summed E-state index contributed by atoms with van der Waals surface area (Å²) in [4.78, 5) is 9.69. The number of nitrogens with zero attached hydrogens (tertiary/aromatic N) is 1. The summed E-state index contributed by atoms with van der Waals surface area (Å²) in [5, 5.41) is 13.3. The molecule has 1 aromatic carbocycles. The molecule has 0 amide bonds. The van der Waals surface area contributed by atoms with Crippen LogP contribution in [0.25, 0.3) is 0 Å². The molecule has 0 aliphatic heterocycles. The van der Waals surface area contributed by atoms with Gasteiger partial charge in [-0.3, -0.25) is 10.1 Å². The molecule has 0 spiro atoms. The van der Waals surface area contributed by atoms with Crippen LogP contribution in [0.4, 0.5) is 11.4 Å². The Morgan fingerprint density at radius 3 is 2.33 bits per heavy atom. The van der Waals surface area contributed by atoms with Gasteiger partial charge in [-0.2, -0.15) is 0 Å². The first-order chi connectivity index (χ1) is 9.57. The van der Waals surface area contributed by atoms with E-state index in [4.69, 9.17) is 0 Å². The minimum atomic E-state index is -4.06. The van der Waals surface area contributed by atoms with Crippen LogP contribution in [0.1, 0.15) is 0 Å². The number of nitrogens with one attached hydrogen (secondary N) is 2. The van der Waals surface area contributed by atoms with E-state index in [1.54, 1.807) is 0 Å². The Labute approximate surface area is 122 Å². The molecule has 0 aliphatic carbocycles. The fraction of sp³-hybridized carbons (Fsp3) is 0.400. The molecule has 1 rings (SSSR count). The van der Waals surface area contributed by atoms with Gasteiger partial charge in [0.15, 0.2) is 0 Å². The molecule has 0 unspecified atom stereocenters. The summed E-state index contributed by atoms with van der Waals surface area (Å²) in [7, 11) is -5.91. The predicted molar refractivity (Wildman–Crippen MR) is 77.5 cm³/mol. The zero-order valence-electron chi connectivity index (χ0n) is 11.4. The summed E-state index contributed by atoms with van der Waals surface area (Å²) in [6, 6.07) is 3.35. The predicted octanol–water partition coefficient (Wildman–Crippen LogP) is -0.0406. The second-order valence-corrected chi connectivity index (χ2v) is 8.21. The molecule has 0 aliphatic rings. The first kappa shape index (κ1) is 17.3. The Balaban J connectivity index is 3.11. The van der Waals surface area contributed by atoms with Crippen LogP contribution in [0.15, 0.2) is 23.1 Å². The molecule has 0 saturated heterocycles. The minimum Gasteiger partial charge on any atom is -0.387 e. The van der Waals surface area contributed by atoms with Gasteiger partial charge in [0.25, 0.3) is 5.69 Å². The van der Waals surface area contributed by atoms with Crippen LogP contribution in [-0.4, -0.2) is 47.4 Å². The lowest BCUT2D eigenvalue weighted by molar-refractivity contribution is -0.385. The quantitative estimate of drug-likeness (QED) is 0.526. The van der Waals surface area contributed by atoms with Gasteiger partial charge in [-0.1, -0.05) is 0 Å². The number of sulfone groups is 1. The molecule has 0 atom stereocenters. The van der Waals surface area contributed by atoms with E-state index >= 15 is 0 Å². The van der Waals surface area contributed by atoms with Crippen LogP contribution in [0, 0.1) is 10.1 Å². The molecule has 0 saturated carbocycles. The van der Waals surface area contributed by atoms with Gasteiger partial charge >= 0.3 is 0 Å². The maximum absolute atomic E-state index is 12.1. The molecule has 11 heteroatoms. The van der Waals surface area contributed by atoms with Crippen molar-refractivity contribution in [2.45, 2.75) is 4.90 Å². The normalized spacial score (nSPS) is 12.1. The smallest absolute Gasteiger partial charge is 0.270 e. The van der Waals surface area contributed by atoms with E-state index in [1.807, 2.05) is 0 Å². The molecule has 21 heavy (non-hydrogen) atoms. The molecular formula is C10H15N3O6S2. The Morgan fingerprint density at radius 1 is 1.24 bits per heavy atom. The Bertz CT molecular complexity index is 742. The number of sulfonamides is 1. The summed E-state index contributed by atoms with van der Waals surface area (Å²) in [5.74, 6) is -0.365. The summed E-state index contributed by atoms with van der Waals surface area (Å²) in [5.41, 5.74) is -0.204. The maximum atomic E-state index is 12.1. The summed E-state index contributed by atoms with van der Waals surface area (Å²) in [6.07, 6.45) is 0.980. The van der Waals surface area contributed by atoms with Crippen molar-refractivity contribution in [3.8, 4) is 0 Å². The zero-order valence-corrected chi connectivity index (χ0v) is 13.0. The van der Waals surface area contributed by atoms with E-state index in [9.17, 15) is 26.9 Å². The van der Waals surface area contributed by atoms with Crippen molar-refractivity contribution < 1.29 is 21.8 Å². The minimum absolute atomic E-state index is 0.174. The highest BCUT2D eigenvalue weighted by Crippen LogP contribution is 2.25. The standard InChI is InChI=1S/C10H15N3O6S2/c1-11-9-4-3-8(13(14)15)7-10(9)21(18,19)12-5-6-20(2,16)17/h3-4,7,11-12H,5-6H2,1-2H3. The maximum Gasteiger partial charge on any atom is 0.270 e. The second-order valence-electron chi connectivity index (χ2n) is 4.22. The monoisotopic (exact) mass is 337 g/mol. The summed E-state index contributed by atoms with van der Waals surface area (Å²) in [6.45, 7) is -0.312. The van der Waals surface area contributed by atoms with Crippen LogP contribution in [0.5, 0.6) is 0 Å². The molecule has 0 bridgehead atoms. The number of hydrogen-bond donors (Lipinski definition) is 2. The highest BCUT2D eigenvalue weighted by Gasteiger charge is 2.22. The average Bonchev–Trinajstić information content (AvgIpc) is 2.36. The molecule has 0 aromatic heterocycles. The number of nitro groups is 1. The fourth-order valence-electron chi connectivity index (χ4n) is 1.49. The first-order valence-corrected chi connectivity index (χ1v) is 9.25. The Hall–Kier alpha value is -1.72. The van der Waals surface area contributed by atoms with E-state index in [1.165, 1.54) is 19.2 Å². The van der Waals surface area contributed by atoms with Crippen molar-refractivity contribution in [1.29, 1.82) is 0 Å². The highest BCUT2D eigenvalue weighted by molar-refractivity contribution is 7.91. The van der Waals surface area contributed by atoms with Gasteiger partial charge in [0, 0.05) is 32.0 Å². The fourth-order valence-corrected chi connectivity index (χ4v) is 3.36. The molecule has 9 nitrogen and oxygen atoms in total. The van der Waals surface area contributed by atoms with Crippen molar-refractivity contribution in [2.75, 3.05) is 30.9 Å². The molecular weight excluding hydrogens is 322 g/mol. The van der Waals surface area contributed by atoms with Crippen molar-refractivity contribution in [3.63, 3.8) is 0 Å². The first-order valence-electron chi connectivity index (χ1n) is 5.70. The SMILES string of the molecule is CNc1ccc([N+](=O)[O-])cc1S(=O)(=O)NCCS(C)(=O)=O. The third-order valence-electron chi connectivity index (χ3n) is 2.50. The van der Waals surface area contributed by atoms with Gasteiger partial charge < -0.3 is 5.32 Å². The lowest BCUT2D eigenvalue weighted by Gasteiger charge is -2.10. The van der Waals surface area contributed by atoms with Gasteiger partial charge in [-0.15, -0.1) is 0 Å². The lowest BCUT2D eigenvalue weighted by Crippen LogP contribution is -2.29. The number of hydrogen-bond acceptors (Lipinski definition) is 7. The van der Waals surface area contributed by atoms with Gasteiger partial charge in [0.1, 0.15) is 14.7 Å². The number of rotatable bonds is 7. The van der Waals surface area contributed by atoms with Crippen LogP contribution >= 0.6 is 0 Å². The molecule has 1 aromatic rings. The Morgan fingerprint density at radius 2 is 1.86 bits per heavy atom. The van der Waals surface area contributed by atoms with Crippen LogP contribution in [0.3, 0.4) is 0 Å². The lowest BCUT2D eigenvalue weighted by atomic mass is 10.3. The molecule has 118 valence electrons. The molecule has 0 fully saturated rings. The third kappa shape index (κ3) is 4.95. The number of anilines is 1. The van der Waals surface area contributed by atoms with Gasteiger partial charge in [0.2, 0.25) is 10.0 Å². The van der Waals surface area contributed by atoms with E-state index in [0.29, 0.717) is 0 Å². The van der Waals surface area contributed by atoms with Crippen molar-refractivity contribution >= 4 is 31.2 Å². The van der Waals surface area contributed by atoms with Gasteiger partial charge in [-0.05, 0) is 6.07 Å². The summed E-state index contributed by atoms with van der Waals surface area (Å²) >= 11 is 0. The van der Waals surface area contributed by atoms with Crippen molar-refractivity contribution in [1.82, 2.24) is 4.72 Å². The highest BCUT2D eigenvalue weighted by atomic mass is 32.2. The van der Waals surface area contributed by atoms with Gasteiger partial charge in [0.05, 0.1) is 16.4 Å². The zero-order chi connectivity index (χ0) is 16.3. The van der Waals surface area contributed by atoms with E-state index in [0.717, 1.165) is 12.3 Å². The Kier molecular flexibility index (Phi) is 5.25. The molecule has 0 heterocycles. The molecule has 0 radical (unpaired) electrons. The van der Waals surface area contributed by atoms with Crippen LogP contribution < -0.4 is 10.0 Å². The van der Waals surface area contributed by atoms with E-state index in [2.05, 4.69) is 10.0 Å². The van der Waals surface area contributed by atoms with Crippen molar-refractivity contribution in [3.05, 3.63) is 28.3 Å². The number of nitro benzene ring substituents is 1. The number of non-ortho nitro benzene ring substituents is 1. The largest absolute Gasteiger partial charge is 0.387 e. The van der Waals surface area contributed by atoms with Crippen LogP contribution in [-0.2, 0) is 19.9 Å². The average molecular weight is 337 g/mol. The second kappa shape index (κ2) is 6.37. The van der Waals surface area contributed by atoms with E-state index < -0.39 is 24.8 Å². The topological polar surface area (TPSA) is 135 Å². The molecule has 2 N–H and O–H groups in total.